The number of thioether (sulfide) groups is 1. The van der Waals surface area contributed by atoms with Gasteiger partial charge in [0.05, 0.1) is 5.25 Å². The Morgan fingerprint density at radius 1 is 1.44 bits per heavy atom. The maximum absolute atomic E-state index is 5.18. The number of hydrogen-bond donors (Lipinski definition) is 0. The van der Waals surface area contributed by atoms with E-state index in [1.807, 2.05) is 11.8 Å². The Bertz CT molecular complexity index is 320. The third-order valence-electron chi connectivity index (χ3n) is 1.87. The van der Waals surface area contributed by atoms with Gasteiger partial charge in [0.1, 0.15) is 6.61 Å². The van der Waals surface area contributed by atoms with Crippen LogP contribution in [0.3, 0.4) is 0 Å². The van der Waals surface area contributed by atoms with Crippen LogP contribution in [-0.2, 0) is 11.3 Å². The van der Waals surface area contributed by atoms with Crippen molar-refractivity contribution in [3.8, 4) is 0 Å². The molecule has 4 nitrogen and oxygen atoms in total. The van der Waals surface area contributed by atoms with E-state index >= 15 is 0 Å². The Morgan fingerprint density at radius 3 is 2.69 bits per heavy atom. The van der Waals surface area contributed by atoms with Gasteiger partial charge in [-0.3, -0.25) is 0 Å². The van der Waals surface area contributed by atoms with Crippen LogP contribution in [0.4, 0.5) is 0 Å². The smallest absolute Gasteiger partial charge is 0.239 e. The van der Waals surface area contributed by atoms with E-state index in [1.54, 1.807) is 7.11 Å². The molecule has 0 fully saturated rings. The topological polar surface area (TPSA) is 48.2 Å². The average Bonchev–Trinajstić information content (AvgIpc) is 2.62. The molecule has 0 N–H and O–H groups in total. The summed E-state index contributed by atoms with van der Waals surface area (Å²) in [4.78, 5) is 4.28. The Morgan fingerprint density at radius 2 is 2.12 bits per heavy atom. The van der Waals surface area contributed by atoms with Crippen molar-refractivity contribution in [2.24, 2.45) is 5.41 Å². The number of ether oxygens (including phenoxy) is 1. The molecule has 16 heavy (non-hydrogen) atoms. The van der Waals surface area contributed by atoms with E-state index < -0.39 is 0 Å². The quantitative estimate of drug-likeness (QED) is 0.796. The Balaban J connectivity index is 2.49. The summed E-state index contributed by atoms with van der Waals surface area (Å²) in [5.74, 6) is 2.36. The SMILES string of the molecule is COCc1noc([C@H](C)SCC(C)(C)C)n1. The van der Waals surface area contributed by atoms with Crippen LogP contribution in [-0.4, -0.2) is 23.0 Å². The second-order valence-electron chi connectivity index (χ2n) is 5.00. The van der Waals surface area contributed by atoms with Crippen LogP contribution < -0.4 is 0 Å². The minimum absolute atomic E-state index is 0.234. The van der Waals surface area contributed by atoms with Crippen LogP contribution in [0.15, 0.2) is 4.52 Å². The van der Waals surface area contributed by atoms with Crippen LogP contribution in [0.5, 0.6) is 0 Å². The molecule has 1 rings (SSSR count). The van der Waals surface area contributed by atoms with Gasteiger partial charge in [-0.05, 0) is 18.1 Å². The van der Waals surface area contributed by atoms with E-state index in [0.29, 0.717) is 23.7 Å². The molecule has 0 amide bonds. The summed E-state index contributed by atoms with van der Waals surface area (Å²) in [5.41, 5.74) is 0.314. The van der Waals surface area contributed by atoms with E-state index in [-0.39, 0.29) is 5.25 Å². The van der Waals surface area contributed by atoms with Crippen molar-refractivity contribution in [2.75, 3.05) is 12.9 Å². The fourth-order valence-corrected chi connectivity index (χ4v) is 2.05. The number of hydrogen-bond acceptors (Lipinski definition) is 5. The van der Waals surface area contributed by atoms with Gasteiger partial charge in [-0.25, -0.2) is 0 Å². The molecule has 0 aliphatic carbocycles. The standard InChI is InChI=1S/C11H20N2O2S/c1-8(16-7-11(2,3)4)10-12-9(6-14-5)13-15-10/h8H,6-7H2,1-5H3/t8-/m0/s1. The summed E-state index contributed by atoms with van der Waals surface area (Å²) in [6, 6.07) is 0. The lowest BCUT2D eigenvalue weighted by Gasteiger charge is -2.18. The lowest BCUT2D eigenvalue weighted by Crippen LogP contribution is -2.09. The normalized spacial score (nSPS) is 14.1. The molecular weight excluding hydrogens is 224 g/mol. The lowest BCUT2D eigenvalue weighted by atomic mass is 10.0. The minimum Gasteiger partial charge on any atom is -0.377 e. The van der Waals surface area contributed by atoms with Crippen molar-refractivity contribution in [1.82, 2.24) is 10.1 Å². The third kappa shape index (κ3) is 4.53. The van der Waals surface area contributed by atoms with E-state index in [9.17, 15) is 0 Å². The van der Waals surface area contributed by atoms with Crippen molar-refractivity contribution < 1.29 is 9.26 Å². The first-order chi connectivity index (χ1) is 7.42. The van der Waals surface area contributed by atoms with Gasteiger partial charge in [0.15, 0.2) is 5.82 Å². The van der Waals surface area contributed by atoms with E-state index in [0.717, 1.165) is 5.75 Å². The molecule has 0 radical (unpaired) electrons. The number of methoxy groups -OCH3 is 1. The molecule has 0 unspecified atom stereocenters. The summed E-state index contributed by atoms with van der Waals surface area (Å²) in [6.07, 6.45) is 0. The van der Waals surface area contributed by atoms with Crippen LogP contribution >= 0.6 is 11.8 Å². The minimum atomic E-state index is 0.234. The van der Waals surface area contributed by atoms with Gasteiger partial charge in [0.25, 0.3) is 0 Å². The number of nitrogens with zero attached hydrogens (tertiary/aromatic N) is 2. The molecule has 0 aliphatic rings. The fourth-order valence-electron chi connectivity index (χ4n) is 1.07. The van der Waals surface area contributed by atoms with Crippen molar-refractivity contribution in [3.05, 3.63) is 11.7 Å². The highest BCUT2D eigenvalue weighted by atomic mass is 32.2. The molecule has 0 saturated heterocycles. The molecule has 92 valence electrons. The van der Waals surface area contributed by atoms with Crippen LogP contribution in [0.2, 0.25) is 0 Å². The second kappa shape index (κ2) is 5.68. The van der Waals surface area contributed by atoms with Crippen LogP contribution in [0.1, 0.15) is 44.7 Å². The molecule has 1 heterocycles. The monoisotopic (exact) mass is 244 g/mol. The Hall–Kier alpha value is -0.550. The zero-order valence-corrected chi connectivity index (χ0v) is 11.4. The first-order valence-corrected chi connectivity index (χ1v) is 6.40. The molecule has 5 heteroatoms. The molecule has 1 aromatic heterocycles. The summed E-state index contributed by atoms with van der Waals surface area (Å²) in [7, 11) is 1.62. The van der Waals surface area contributed by atoms with Crippen molar-refractivity contribution in [1.29, 1.82) is 0 Å². The van der Waals surface area contributed by atoms with E-state index in [2.05, 4.69) is 37.8 Å². The molecular formula is C11H20N2O2S. The van der Waals surface area contributed by atoms with E-state index in [1.165, 1.54) is 0 Å². The van der Waals surface area contributed by atoms with Gasteiger partial charge >= 0.3 is 0 Å². The Kier molecular flexibility index (Phi) is 4.80. The highest BCUT2D eigenvalue weighted by molar-refractivity contribution is 7.99. The lowest BCUT2D eigenvalue weighted by molar-refractivity contribution is 0.174. The highest BCUT2D eigenvalue weighted by Crippen LogP contribution is 2.32. The third-order valence-corrected chi connectivity index (χ3v) is 3.61. The molecule has 0 saturated carbocycles. The largest absolute Gasteiger partial charge is 0.377 e. The maximum Gasteiger partial charge on any atom is 0.239 e. The molecule has 0 spiro atoms. The van der Waals surface area contributed by atoms with Gasteiger partial charge in [-0.1, -0.05) is 25.9 Å². The summed E-state index contributed by atoms with van der Waals surface area (Å²) >= 11 is 1.83. The number of rotatable bonds is 5. The van der Waals surface area contributed by atoms with Crippen LogP contribution in [0.25, 0.3) is 0 Å². The molecule has 0 bridgehead atoms. The highest BCUT2D eigenvalue weighted by Gasteiger charge is 2.18. The maximum atomic E-state index is 5.18. The molecule has 1 aromatic rings. The van der Waals surface area contributed by atoms with Crippen molar-refractivity contribution in [2.45, 2.75) is 39.6 Å². The van der Waals surface area contributed by atoms with Gasteiger partial charge in [-0.2, -0.15) is 4.98 Å². The number of aromatic nitrogens is 2. The first kappa shape index (κ1) is 13.5. The van der Waals surface area contributed by atoms with Crippen LogP contribution in [0, 0.1) is 5.41 Å². The average molecular weight is 244 g/mol. The molecule has 0 aliphatic heterocycles. The zero-order valence-electron chi connectivity index (χ0n) is 10.6. The van der Waals surface area contributed by atoms with Gasteiger partial charge < -0.3 is 9.26 Å². The summed E-state index contributed by atoms with van der Waals surface area (Å²) in [6.45, 7) is 9.14. The first-order valence-electron chi connectivity index (χ1n) is 5.35. The summed E-state index contributed by atoms with van der Waals surface area (Å²) in [5, 5.41) is 4.08. The van der Waals surface area contributed by atoms with Gasteiger partial charge in [0.2, 0.25) is 5.89 Å². The van der Waals surface area contributed by atoms with Gasteiger partial charge in [-0.15, -0.1) is 11.8 Å². The van der Waals surface area contributed by atoms with Gasteiger partial charge in [0, 0.05) is 7.11 Å². The zero-order chi connectivity index (χ0) is 12.2. The second-order valence-corrected chi connectivity index (χ2v) is 6.32. The Labute approximate surface area is 101 Å². The van der Waals surface area contributed by atoms with E-state index in [4.69, 9.17) is 9.26 Å². The van der Waals surface area contributed by atoms with Crippen molar-refractivity contribution in [3.63, 3.8) is 0 Å². The van der Waals surface area contributed by atoms with Crippen molar-refractivity contribution >= 4 is 11.8 Å². The predicted octanol–water partition coefficient (Wildman–Crippen LogP) is 3.06. The predicted molar refractivity (Wildman–Crippen MR) is 65.3 cm³/mol. The fraction of sp³-hybridized carbons (Fsp3) is 0.818. The molecule has 1 atom stereocenters. The summed E-state index contributed by atoms with van der Waals surface area (Å²) < 4.78 is 10.1. The molecule has 0 aromatic carbocycles.